The van der Waals surface area contributed by atoms with Gasteiger partial charge in [0.15, 0.2) is 11.5 Å². The van der Waals surface area contributed by atoms with Crippen molar-refractivity contribution in [2.75, 3.05) is 12.8 Å². The molecule has 0 bridgehead atoms. The van der Waals surface area contributed by atoms with Crippen LogP contribution in [-0.2, 0) is 0 Å². The number of aromatic nitrogens is 1. The van der Waals surface area contributed by atoms with Crippen molar-refractivity contribution in [3.63, 3.8) is 0 Å². The maximum Gasteiger partial charge on any atom is 0.166 e. The summed E-state index contributed by atoms with van der Waals surface area (Å²) >= 11 is 0. The number of aliphatic imine (C=N–C) groups is 1. The predicted octanol–water partition coefficient (Wildman–Crippen LogP) is 2.44. The lowest BCUT2D eigenvalue weighted by molar-refractivity contribution is 0.373. The first-order valence-electron chi connectivity index (χ1n) is 5.74. The highest BCUT2D eigenvalue weighted by Crippen LogP contribution is 2.28. The smallest absolute Gasteiger partial charge is 0.166 e. The van der Waals surface area contributed by atoms with Gasteiger partial charge in [-0.1, -0.05) is 6.07 Å². The molecule has 1 heterocycles. The maximum atomic E-state index is 9.91. The van der Waals surface area contributed by atoms with Gasteiger partial charge in [0.05, 0.1) is 19.0 Å². The van der Waals surface area contributed by atoms with Crippen LogP contribution in [0.4, 0.5) is 11.5 Å². The zero-order chi connectivity index (χ0) is 13.8. The number of aryl methyl sites for hydroxylation is 1. The quantitative estimate of drug-likeness (QED) is 0.827. The highest BCUT2D eigenvalue weighted by atomic mass is 16.5. The second-order valence-electron chi connectivity index (χ2n) is 4.05. The molecule has 0 radical (unpaired) electrons. The van der Waals surface area contributed by atoms with Gasteiger partial charge >= 0.3 is 0 Å². The molecule has 0 aliphatic heterocycles. The molecule has 98 valence electrons. The lowest BCUT2D eigenvalue weighted by Crippen LogP contribution is -1.92. The summed E-state index contributed by atoms with van der Waals surface area (Å²) in [5.74, 6) is 0.965. The highest BCUT2D eigenvalue weighted by Gasteiger charge is 2.04. The number of phenols is 1. The fraction of sp³-hybridized carbons (Fsp3) is 0.143. The number of pyridine rings is 1. The molecule has 5 heteroatoms. The Morgan fingerprint density at radius 1 is 1.42 bits per heavy atom. The van der Waals surface area contributed by atoms with Crippen LogP contribution < -0.4 is 10.5 Å². The van der Waals surface area contributed by atoms with E-state index >= 15 is 0 Å². The molecule has 0 unspecified atom stereocenters. The number of para-hydroxylation sites is 1. The molecule has 2 rings (SSSR count). The molecule has 0 aliphatic carbocycles. The van der Waals surface area contributed by atoms with E-state index in [1.807, 2.05) is 13.0 Å². The third-order valence-corrected chi connectivity index (χ3v) is 2.71. The molecule has 0 saturated heterocycles. The number of nitrogens with two attached hydrogens (primary N) is 1. The van der Waals surface area contributed by atoms with Gasteiger partial charge in [0.25, 0.3) is 0 Å². The van der Waals surface area contributed by atoms with E-state index in [0.717, 1.165) is 5.56 Å². The van der Waals surface area contributed by atoms with Crippen LogP contribution in [0.25, 0.3) is 0 Å². The minimum atomic E-state index is 0.0638. The van der Waals surface area contributed by atoms with Gasteiger partial charge in [0, 0.05) is 11.8 Å². The zero-order valence-electron chi connectivity index (χ0n) is 10.8. The van der Waals surface area contributed by atoms with Crippen molar-refractivity contribution in [1.29, 1.82) is 0 Å². The van der Waals surface area contributed by atoms with Crippen LogP contribution in [0.2, 0.25) is 0 Å². The van der Waals surface area contributed by atoms with E-state index in [1.165, 1.54) is 7.11 Å². The van der Waals surface area contributed by atoms with Gasteiger partial charge in [-0.15, -0.1) is 0 Å². The molecule has 0 atom stereocenters. The minimum Gasteiger partial charge on any atom is -0.504 e. The molecular formula is C14H15N3O2. The van der Waals surface area contributed by atoms with E-state index in [9.17, 15) is 5.11 Å². The first kappa shape index (κ1) is 12.9. The molecule has 0 spiro atoms. The standard InChI is InChI=1S/C14H15N3O2/c1-9-6-11(8-17-14(9)15)16-7-10-4-3-5-12(19-2)13(10)18/h3-8,18H,1-2H3,(H2,15,17)/b16-7+. The number of nitrogens with zero attached hydrogens (tertiary/aromatic N) is 2. The normalized spacial score (nSPS) is 10.8. The van der Waals surface area contributed by atoms with Crippen molar-refractivity contribution in [3.8, 4) is 11.5 Å². The van der Waals surface area contributed by atoms with E-state index in [1.54, 1.807) is 30.6 Å². The minimum absolute atomic E-state index is 0.0638. The SMILES string of the molecule is COc1cccc(/C=N/c2cnc(N)c(C)c2)c1O. The number of aromatic hydroxyl groups is 1. The molecule has 5 nitrogen and oxygen atoms in total. The van der Waals surface area contributed by atoms with Crippen LogP contribution in [0, 0.1) is 6.92 Å². The van der Waals surface area contributed by atoms with E-state index in [4.69, 9.17) is 10.5 Å². The molecular weight excluding hydrogens is 242 g/mol. The van der Waals surface area contributed by atoms with Crippen molar-refractivity contribution in [1.82, 2.24) is 4.98 Å². The number of anilines is 1. The van der Waals surface area contributed by atoms with Crippen LogP contribution in [0.5, 0.6) is 11.5 Å². The number of rotatable bonds is 3. The van der Waals surface area contributed by atoms with Gasteiger partial charge in [-0.25, -0.2) is 4.98 Å². The Morgan fingerprint density at radius 2 is 2.21 bits per heavy atom. The van der Waals surface area contributed by atoms with E-state index in [0.29, 0.717) is 22.8 Å². The summed E-state index contributed by atoms with van der Waals surface area (Å²) in [5.41, 5.74) is 7.76. The van der Waals surface area contributed by atoms with Crippen LogP contribution in [-0.4, -0.2) is 23.4 Å². The van der Waals surface area contributed by atoms with Crippen molar-refractivity contribution in [2.45, 2.75) is 6.92 Å². The predicted molar refractivity (Wildman–Crippen MR) is 75.3 cm³/mol. The van der Waals surface area contributed by atoms with Crippen molar-refractivity contribution in [2.24, 2.45) is 4.99 Å². The molecule has 0 fully saturated rings. The summed E-state index contributed by atoms with van der Waals surface area (Å²) in [7, 11) is 1.50. The zero-order valence-corrected chi connectivity index (χ0v) is 10.8. The summed E-state index contributed by atoms with van der Waals surface area (Å²) in [6.45, 7) is 1.87. The fourth-order valence-electron chi connectivity index (χ4n) is 1.59. The Morgan fingerprint density at radius 3 is 2.89 bits per heavy atom. The first-order chi connectivity index (χ1) is 9.11. The van der Waals surface area contributed by atoms with Gasteiger partial charge in [-0.2, -0.15) is 0 Å². The van der Waals surface area contributed by atoms with Crippen LogP contribution in [0.3, 0.4) is 0 Å². The number of ether oxygens (including phenoxy) is 1. The van der Waals surface area contributed by atoms with Crippen LogP contribution in [0.1, 0.15) is 11.1 Å². The maximum absolute atomic E-state index is 9.91. The van der Waals surface area contributed by atoms with Crippen molar-refractivity contribution >= 4 is 17.7 Å². The molecule has 1 aromatic carbocycles. The number of methoxy groups -OCH3 is 1. The molecule has 19 heavy (non-hydrogen) atoms. The summed E-state index contributed by atoms with van der Waals surface area (Å²) in [6.07, 6.45) is 3.14. The molecule has 1 aromatic heterocycles. The fourth-order valence-corrected chi connectivity index (χ4v) is 1.59. The third-order valence-electron chi connectivity index (χ3n) is 2.71. The number of nitrogen functional groups attached to an aromatic ring is 1. The summed E-state index contributed by atoms with van der Waals surface area (Å²) in [4.78, 5) is 8.28. The Kier molecular flexibility index (Phi) is 3.66. The van der Waals surface area contributed by atoms with Gasteiger partial charge in [0.1, 0.15) is 5.82 Å². The van der Waals surface area contributed by atoms with E-state index in [-0.39, 0.29) is 5.75 Å². The largest absolute Gasteiger partial charge is 0.504 e. The lowest BCUT2D eigenvalue weighted by Gasteiger charge is -2.05. The van der Waals surface area contributed by atoms with Crippen molar-refractivity contribution in [3.05, 3.63) is 41.6 Å². The lowest BCUT2D eigenvalue weighted by atomic mass is 10.2. The number of benzene rings is 1. The Labute approximate surface area is 111 Å². The molecule has 3 N–H and O–H groups in total. The van der Waals surface area contributed by atoms with Crippen LogP contribution in [0.15, 0.2) is 35.5 Å². The summed E-state index contributed by atoms with van der Waals surface area (Å²) < 4.78 is 5.03. The number of phenolic OH excluding ortho intramolecular Hbond substituents is 1. The molecule has 0 aliphatic rings. The van der Waals surface area contributed by atoms with Crippen LogP contribution >= 0.6 is 0 Å². The number of hydrogen-bond donors (Lipinski definition) is 2. The average molecular weight is 257 g/mol. The summed E-state index contributed by atoms with van der Waals surface area (Å²) in [6, 6.07) is 7.04. The Balaban J connectivity index is 2.30. The number of hydrogen-bond acceptors (Lipinski definition) is 5. The molecule has 2 aromatic rings. The second-order valence-corrected chi connectivity index (χ2v) is 4.05. The molecule has 0 saturated carbocycles. The van der Waals surface area contributed by atoms with Gasteiger partial charge in [-0.05, 0) is 30.7 Å². The van der Waals surface area contributed by atoms with Gasteiger partial charge < -0.3 is 15.6 Å². The Hall–Kier alpha value is -2.56. The second kappa shape index (κ2) is 5.39. The monoisotopic (exact) mass is 257 g/mol. The third kappa shape index (κ3) is 2.82. The van der Waals surface area contributed by atoms with E-state index in [2.05, 4.69) is 9.98 Å². The summed E-state index contributed by atoms with van der Waals surface area (Å²) in [5, 5.41) is 9.91. The topological polar surface area (TPSA) is 80.7 Å². The average Bonchev–Trinajstić information content (AvgIpc) is 2.41. The highest BCUT2D eigenvalue weighted by molar-refractivity contribution is 5.86. The van der Waals surface area contributed by atoms with Gasteiger partial charge in [0.2, 0.25) is 0 Å². The van der Waals surface area contributed by atoms with Gasteiger partial charge in [-0.3, -0.25) is 4.99 Å². The van der Waals surface area contributed by atoms with Crippen molar-refractivity contribution < 1.29 is 9.84 Å². The Bertz CT molecular complexity index is 624. The first-order valence-corrected chi connectivity index (χ1v) is 5.74. The van der Waals surface area contributed by atoms with E-state index < -0.39 is 0 Å². The molecule has 0 amide bonds.